The van der Waals surface area contributed by atoms with E-state index < -0.39 is 163 Å². The van der Waals surface area contributed by atoms with Gasteiger partial charge >= 0.3 is 58.3 Å². The fraction of sp³-hybridized carbons (Fsp3) is 0.441. The highest BCUT2D eigenvalue weighted by atomic mass is 35.5. The molecular formula is C59H59Cl5F6N9O24P3. The van der Waals surface area contributed by atoms with Crippen LogP contribution in [0, 0.1) is 0 Å². The molecular weight excluding hydrogens is 1600 g/mol. The molecule has 3 amide bonds. The quantitative estimate of drug-likeness (QED) is 0.0531. The van der Waals surface area contributed by atoms with Crippen LogP contribution in [0.3, 0.4) is 0 Å². The fourth-order valence-corrected chi connectivity index (χ4v) is 16.6. The molecule has 6 saturated heterocycles. The number of nitrogens with one attached hydrogen (secondary N) is 3. The number of aromatic nitrogens is 6. The van der Waals surface area contributed by atoms with Crippen molar-refractivity contribution in [2.75, 3.05) is 63.7 Å². The van der Waals surface area contributed by atoms with Crippen molar-refractivity contribution in [3.05, 3.63) is 153 Å². The van der Waals surface area contributed by atoms with E-state index >= 15 is 26.3 Å². The minimum atomic E-state index is -4.25. The summed E-state index contributed by atoms with van der Waals surface area (Å²) in [6, 6.07) is 12.9. The third kappa shape index (κ3) is 17.6. The van der Waals surface area contributed by atoms with Gasteiger partial charge in [-0.05, 0) is 95.3 Å². The van der Waals surface area contributed by atoms with Crippen LogP contribution in [0.15, 0.2) is 93.6 Å². The number of methoxy groups -OCH3 is 3. The first-order valence-electron chi connectivity index (χ1n) is 30.8. The summed E-state index contributed by atoms with van der Waals surface area (Å²) in [5.41, 5.74) is -3.25. The van der Waals surface area contributed by atoms with E-state index in [4.69, 9.17) is 127 Å². The maximum atomic E-state index is 15.2. The Morgan fingerprint density at radius 2 is 0.887 bits per heavy atom. The van der Waals surface area contributed by atoms with Gasteiger partial charge in [-0.2, -0.15) is 41.3 Å². The summed E-state index contributed by atoms with van der Waals surface area (Å²) >= 11 is 30.0. The normalized spacial score (nSPS) is 27.3. The molecule has 6 fully saturated rings. The van der Waals surface area contributed by atoms with Crippen LogP contribution in [0.25, 0.3) is 0 Å². The van der Waals surface area contributed by atoms with Gasteiger partial charge in [-0.25, -0.2) is 28.1 Å². The number of phosphoric acid groups is 3. The largest absolute Gasteiger partial charge is 0.495 e. The first-order valence-corrected chi connectivity index (χ1v) is 37.0. The number of nitrogens with zero attached hydrogens (tertiary/aromatic N) is 6. The number of amides is 3. The second kappa shape index (κ2) is 32.5. The number of alkyl halides is 6. The van der Waals surface area contributed by atoms with E-state index in [1.54, 1.807) is 0 Å². The van der Waals surface area contributed by atoms with Crippen LogP contribution in [-0.2, 0) is 68.6 Å². The first kappa shape index (κ1) is 81.9. The number of hydrogen-bond acceptors (Lipinski definition) is 27. The van der Waals surface area contributed by atoms with Crippen molar-refractivity contribution in [3.63, 3.8) is 0 Å². The molecule has 3 aromatic carbocycles. The molecule has 576 valence electrons. The van der Waals surface area contributed by atoms with Crippen molar-refractivity contribution >= 4 is 117 Å². The van der Waals surface area contributed by atoms with Crippen molar-refractivity contribution in [2.45, 2.75) is 120 Å². The maximum Gasteiger partial charge on any atom is 0.475 e. The van der Waals surface area contributed by atoms with Crippen LogP contribution < -0.4 is 47.2 Å². The number of fused-ring (bicyclic) bond motifs is 3. The molecule has 12 atom stereocenters. The van der Waals surface area contributed by atoms with Crippen LogP contribution in [0.1, 0.15) is 84.4 Å². The van der Waals surface area contributed by atoms with E-state index in [0.29, 0.717) is 18.7 Å². The lowest BCUT2D eigenvalue weighted by atomic mass is 10.1. The smallest absolute Gasteiger partial charge is 0.475 e. The molecule has 6 aromatic rings. The molecule has 0 saturated carbocycles. The third-order valence-corrected chi connectivity index (χ3v) is 21.5. The van der Waals surface area contributed by atoms with Crippen molar-refractivity contribution in [1.29, 1.82) is 0 Å². The highest BCUT2D eigenvalue weighted by molar-refractivity contribution is 7.49. The number of rotatable bonds is 18. The van der Waals surface area contributed by atoms with Crippen molar-refractivity contribution < 1.29 is 124 Å². The molecule has 47 heteroatoms. The summed E-state index contributed by atoms with van der Waals surface area (Å²) in [5, 5.41) is 7.81. The molecule has 3 aromatic heterocycles. The number of carbonyl (C=O) groups excluding carboxylic acids is 3. The number of carbonyl (C=O) groups is 3. The van der Waals surface area contributed by atoms with E-state index in [0.717, 1.165) is 36.8 Å². The Kier molecular flexibility index (Phi) is 25.1. The summed E-state index contributed by atoms with van der Waals surface area (Å²) in [4.78, 5) is 86.2. The molecule has 6 aliphatic heterocycles. The molecule has 106 heavy (non-hydrogen) atoms. The predicted octanol–water partition coefficient (Wildman–Crippen LogP) is 11.8. The van der Waals surface area contributed by atoms with E-state index in [1.807, 2.05) is 0 Å². The Labute approximate surface area is 619 Å². The summed E-state index contributed by atoms with van der Waals surface area (Å²) < 4.78 is 206. The average molecular weight is 1660 g/mol. The van der Waals surface area contributed by atoms with Crippen LogP contribution in [0.4, 0.5) is 43.8 Å². The van der Waals surface area contributed by atoms with Gasteiger partial charge in [-0.15, -0.1) is 0 Å². The van der Waals surface area contributed by atoms with Crippen molar-refractivity contribution in [2.24, 2.45) is 0 Å². The zero-order valence-electron chi connectivity index (χ0n) is 55.7. The summed E-state index contributed by atoms with van der Waals surface area (Å²) in [7, 11) is -8.62. The van der Waals surface area contributed by atoms with Gasteiger partial charge in [-0.3, -0.25) is 68.8 Å². The molecule has 0 spiro atoms. The molecule has 33 nitrogen and oxygen atoms in total. The molecule has 0 aliphatic carbocycles. The summed E-state index contributed by atoms with van der Waals surface area (Å²) in [5.74, 6) is -13.6. The Hall–Kier alpha value is -6.65. The Balaban J connectivity index is 0.000000170. The molecule has 6 unspecified atom stereocenters. The number of anilines is 3. The lowest BCUT2D eigenvalue weighted by molar-refractivity contribution is -0.139. The molecule has 0 radical (unpaired) electrons. The monoisotopic (exact) mass is 1660 g/mol. The van der Waals surface area contributed by atoms with Crippen LogP contribution in [0.2, 0.25) is 25.1 Å². The Morgan fingerprint density at radius 1 is 0.528 bits per heavy atom. The fourth-order valence-electron chi connectivity index (χ4n) is 10.7. The Bertz CT molecular complexity index is 4660. The summed E-state index contributed by atoms with van der Waals surface area (Å²) in [6.07, 6.45) is -14.5. The van der Waals surface area contributed by atoms with Gasteiger partial charge in [-0.1, -0.05) is 58.0 Å². The molecule has 3 N–H and O–H groups in total. The lowest BCUT2D eigenvalue weighted by Gasteiger charge is -2.32. The highest BCUT2D eigenvalue weighted by Gasteiger charge is 2.68. The molecule has 9 heterocycles. The number of phosphoric ester groups is 3. The van der Waals surface area contributed by atoms with E-state index in [9.17, 15) is 42.5 Å². The van der Waals surface area contributed by atoms with Gasteiger partial charge in [0.05, 0.1) is 80.6 Å². The average Bonchev–Trinajstić information content (AvgIpc) is 1.60. The van der Waals surface area contributed by atoms with Gasteiger partial charge in [0.2, 0.25) is 18.7 Å². The number of halogens is 11. The zero-order chi connectivity index (χ0) is 77.5. The maximum absolute atomic E-state index is 15.2. The first-order chi connectivity index (χ1) is 49.8. The van der Waals surface area contributed by atoms with Gasteiger partial charge < -0.3 is 44.4 Å². The SMILES string of the molecule is CC(C)OP1(=O)OC[C@H]2OC(n3ccc(NC(=O)c4ccc(Cl)cc4Cl)nc3=O)C(F)(F)[C@@H]2O1.CCOP1(=O)OC[C@H]2OC(n3ccc(NC(=O)c4cc(OC)c(Cl)c(OC)c4)nc3=O)C(F)(F)[C@@H]2O1.COc1c(Cl)cc(C(=O)Nc2ccn(C3O[C@@H]4COP(=O)(OC(C)C)O[C@H]4C3(F)F)c(=O)n2)cc1Cl. The van der Waals surface area contributed by atoms with Crippen LogP contribution in [-0.4, -0.2) is 161 Å². The molecule has 12 rings (SSSR count). The second-order valence-corrected chi connectivity index (χ2v) is 30.1. The summed E-state index contributed by atoms with van der Waals surface area (Å²) in [6.45, 7) is 6.09. The zero-order valence-corrected chi connectivity index (χ0v) is 62.1. The molecule has 6 aliphatic rings. The van der Waals surface area contributed by atoms with Gasteiger partial charge in [0.25, 0.3) is 17.7 Å². The minimum absolute atomic E-state index is 0.0386. The van der Waals surface area contributed by atoms with Crippen LogP contribution >= 0.6 is 81.5 Å². The topological polar surface area (TPSA) is 382 Å². The standard InChI is InChI=1S/C20H20Cl2F2N3O8P.C20H21ClF2N3O9P.C19H18Cl2F2N3O7P/c1-9(2)34-36(30)32-8-13-16(35-36)20(23,24)18(33-13)27-5-4-14(26-19(27)29)25-17(28)10-6-11(21)15(31-3)12(22)7-10;1-4-32-36(29)33-9-13-16(35-36)20(22,23)18(34-13)26-6-5-14(25-19(26)28)24-17(27)10-7-11(30-2)15(21)12(8-10)31-3;1-9(2)32-34(29)30-8-13-15(33-34)19(22,23)17(31-13)26-6-5-14(25-18(26)28)24-16(27)11-4-3-10(20)7-12(11)21/h4-7,9,13,16,18H,8H2,1-3H3,(H,25,26,28,29);5-8,13,16,18H,4,9H2,1-3H3,(H,24,25,27,28);3-7,9,13,15,17H,8H2,1-2H3,(H,24,25,27,28)/t2*13-,16-,18?,36?;13-,15-,17?,34?/m111/s1. The second-order valence-electron chi connectivity index (χ2n) is 23.3. The van der Waals surface area contributed by atoms with Crippen molar-refractivity contribution in [1.82, 2.24) is 28.7 Å². The van der Waals surface area contributed by atoms with Gasteiger partial charge in [0.15, 0.2) is 24.1 Å². The Morgan fingerprint density at radius 3 is 1.23 bits per heavy atom. The number of benzene rings is 3. The van der Waals surface area contributed by atoms with E-state index in [2.05, 4.69) is 30.9 Å². The minimum Gasteiger partial charge on any atom is -0.495 e. The van der Waals surface area contributed by atoms with Crippen LogP contribution in [0.5, 0.6) is 17.2 Å². The van der Waals surface area contributed by atoms with Crippen molar-refractivity contribution in [3.8, 4) is 17.2 Å². The van der Waals surface area contributed by atoms with Gasteiger partial charge in [0, 0.05) is 34.7 Å². The van der Waals surface area contributed by atoms with E-state index in [1.165, 1.54) is 98.4 Å². The number of hydrogen-bond donors (Lipinski definition) is 3. The molecule has 0 bridgehead atoms. The highest BCUT2D eigenvalue weighted by Crippen LogP contribution is 2.63. The van der Waals surface area contributed by atoms with E-state index in [-0.39, 0.29) is 78.1 Å². The number of ether oxygens (including phenoxy) is 6. The lowest BCUT2D eigenvalue weighted by Crippen LogP contribution is -2.45. The predicted molar refractivity (Wildman–Crippen MR) is 359 cm³/mol. The van der Waals surface area contributed by atoms with Gasteiger partial charge in [0.1, 0.15) is 52.3 Å². The third-order valence-electron chi connectivity index (χ3n) is 15.3.